The van der Waals surface area contributed by atoms with Gasteiger partial charge in [-0.1, -0.05) is 30.0 Å². The summed E-state index contributed by atoms with van der Waals surface area (Å²) in [6.45, 7) is 2.33. The third-order valence-corrected chi connectivity index (χ3v) is 4.61. The molecule has 1 N–H and O–H groups in total. The molecule has 0 spiro atoms. The fourth-order valence-corrected chi connectivity index (χ4v) is 3.48. The number of aromatic nitrogens is 4. The van der Waals surface area contributed by atoms with Gasteiger partial charge in [-0.3, -0.25) is 0 Å². The number of benzene rings is 1. The van der Waals surface area contributed by atoms with E-state index in [0.717, 1.165) is 35.6 Å². The number of hydrogen-bond donors (Lipinski definition) is 1. The van der Waals surface area contributed by atoms with Crippen LogP contribution in [-0.2, 0) is 0 Å². The van der Waals surface area contributed by atoms with E-state index in [4.69, 9.17) is 0 Å². The topological polar surface area (TPSA) is 55.6 Å². The molecule has 3 rings (SSSR count). The highest BCUT2D eigenvalue weighted by atomic mass is 32.2. The molecular formula is C14H19N5S. The van der Waals surface area contributed by atoms with Gasteiger partial charge in [0.05, 0.1) is 5.69 Å². The lowest BCUT2D eigenvalue weighted by atomic mass is 9.96. The fraction of sp³-hybridized carbons (Fsp3) is 0.500. The van der Waals surface area contributed by atoms with E-state index in [1.54, 1.807) is 11.8 Å². The SMILES string of the molecule is c1ccc(-n2nnnc2SCCC2CCNCC2)cc1. The number of para-hydroxylation sites is 1. The maximum atomic E-state index is 4.13. The van der Waals surface area contributed by atoms with E-state index in [2.05, 4.69) is 20.8 Å². The molecule has 20 heavy (non-hydrogen) atoms. The summed E-state index contributed by atoms with van der Waals surface area (Å²) in [4.78, 5) is 0. The van der Waals surface area contributed by atoms with Crippen LogP contribution >= 0.6 is 11.8 Å². The first-order valence-corrected chi connectivity index (χ1v) is 8.09. The summed E-state index contributed by atoms with van der Waals surface area (Å²) in [5, 5.41) is 16.3. The second-order valence-electron chi connectivity index (χ2n) is 5.04. The Morgan fingerprint density at radius 1 is 1.20 bits per heavy atom. The van der Waals surface area contributed by atoms with E-state index in [1.165, 1.54) is 19.3 Å². The third kappa shape index (κ3) is 3.37. The van der Waals surface area contributed by atoms with E-state index >= 15 is 0 Å². The number of tetrazole rings is 1. The molecule has 1 saturated heterocycles. The Morgan fingerprint density at radius 2 is 2.00 bits per heavy atom. The van der Waals surface area contributed by atoms with Crippen molar-refractivity contribution in [2.45, 2.75) is 24.4 Å². The summed E-state index contributed by atoms with van der Waals surface area (Å²) in [5.41, 5.74) is 1.02. The number of nitrogens with zero attached hydrogens (tertiary/aromatic N) is 4. The molecule has 1 aromatic heterocycles. The predicted molar refractivity (Wildman–Crippen MR) is 80.1 cm³/mol. The van der Waals surface area contributed by atoms with E-state index in [0.29, 0.717) is 0 Å². The second kappa shape index (κ2) is 6.85. The molecule has 0 unspecified atom stereocenters. The minimum absolute atomic E-state index is 0.852. The van der Waals surface area contributed by atoms with Crippen LogP contribution in [-0.4, -0.2) is 39.0 Å². The molecule has 106 valence electrons. The third-order valence-electron chi connectivity index (χ3n) is 3.66. The van der Waals surface area contributed by atoms with Gasteiger partial charge in [-0.15, -0.1) is 5.10 Å². The van der Waals surface area contributed by atoms with Gasteiger partial charge in [0.25, 0.3) is 0 Å². The molecule has 0 radical (unpaired) electrons. The first kappa shape index (κ1) is 13.6. The van der Waals surface area contributed by atoms with Crippen molar-refractivity contribution >= 4 is 11.8 Å². The average molecular weight is 289 g/mol. The largest absolute Gasteiger partial charge is 0.317 e. The van der Waals surface area contributed by atoms with Crippen LogP contribution in [0, 0.1) is 5.92 Å². The lowest BCUT2D eigenvalue weighted by Gasteiger charge is -2.21. The van der Waals surface area contributed by atoms with Gasteiger partial charge in [-0.05, 0) is 60.8 Å². The highest BCUT2D eigenvalue weighted by Gasteiger charge is 2.14. The van der Waals surface area contributed by atoms with Gasteiger partial charge in [0.1, 0.15) is 0 Å². The maximum Gasteiger partial charge on any atom is 0.214 e. The summed E-state index contributed by atoms with van der Waals surface area (Å²) in [5.74, 6) is 1.93. The highest BCUT2D eigenvalue weighted by Crippen LogP contribution is 2.23. The minimum atomic E-state index is 0.852. The number of rotatable bonds is 5. The molecule has 0 atom stereocenters. The lowest BCUT2D eigenvalue weighted by Crippen LogP contribution is -2.27. The highest BCUT2D eigenvalue weighted by molar-refractivity contribution is 7.99. The van der Waals surface area contributed by atoms with Crippen LogP contribution < -0.4 is 5.32 Å². The zero-order valence-corrected chi connectivity index (χ0v) is 12.2. The predicted octanol–water partition coefficient (Wildman–Crippen LogP) is 2.14. The summed E-state index contributed by atoms with van der Waals surface area (Å²) in [7, 11) is 0. The summed E-state index contributed by atoms with van der Waals surface area (Å²) in [6.07, 6.45) is 3.84. The Morgan fingerprint density at radius 3 is 2.80 bits per heavy atom. The van der Waals surface area contributed by atoms with Crippen LogP contribution in [0.25, 0.3) is 5.69 Å². The van der Waals surface area contributed by atoms with Gasteiger partial charge in [-0.25, -0.2) is 0 Å². The molecule has 0 amide bonds. The molecule has 0 aliphatic carbocycles. The molecule has 2 aromatic rings. The first-order chi connectivity index (χ1) is 9.93. The van der Waals surface area contributed by atoms with Crippen molar-refractivity contribution in [2.75, 3.05) is 18.8 Å². The summed E-state index contributed by atoms with van der Waals surface area (Å²) >= 11 is 1.75. The first-order valence-electron chi connectivity index (χ1n) is 7.11. The Kier molecular flexibility index (Phi) is 4.65. The maximum absolute atomic E-state index is 4.13. The van der Waals surface area contributed by atoms with E-state index in [9.17, 15) is 0 Å². The Hall–Kier alpha value is -1.40. The fourth-order valence-electron chi connectivity index (χ4n) is 2.49. The molecular weight excluding hydrogens is 270 g/mol. The molecule has 6 heteroatoms. The van der Waals surface area contributed by atoms with Crippen LogP contribution in [0.5, 0.6) is 0 Å². The number of nitrogens with one attached hydrogen (secondary N) is 1. The Labute approximate surface area is 123 Å². The molecule has 1 aliphatic heterocycles. The smallest absolute Gasteiger partial charge is 0.214 e. The van der Waals surface area contributed by atoms with Crippen LogP contribution in [0.2, 0.25) is 0 Å². The van der Waals surface area contributed by atoms with Gasteiger partial charge in [0.15, 0.2) is 0 Å². The molecule has 1 fully saturated rings. The molecule has 0 saturated carbocycles. The van der Waals surface area contributed by atoms with Crippen LogP contribution in [0.15, 0.2) is 35.5 Å². The quantitative estimate of drug-likeness (QED) is 0.855. The van der Waals surface area contributed by atoms with Crippen molar-refractivity contribution in [1.29, 1.82) is 0 Å². The molecule has 5 nitrogen and oxygen atoms in total. The van der Waals surface area contributed by atoms with Crippen molar-refractivity contribution in [2.24, 2.45) is 5.92 Å². The van der Waals surface area contributed by atoms with Crippen molar-refractivity contribution in [3.63, 3.8) is 0 Å². The molecule has 0 bridgehead atoms. The van der Waals surface area contributed by atoms with Crippen LogP contribution in [0.4, 0.5) is 0 Å². The Bertz CT molecular complexity index is 521. The number of thioether (sulfide) groups is 1. The van der Waals surface area contributed by atoms with E-state index in [-0.39, 0.29) is 0 Å². The van der Waals surface area contributed by atoms with E-state index < -0.39 is 0 Å². The zero-order valence-electron chi connectivity index (χ0n) is 11.4. The standard InChI is InChI=1S/C14H19N5S/c1-2-4-13(5-3-1)19-14(16-17-18-19)20-11-8-12-6-9-15-10-7-12/h1-5,12,15H,6-11H2. The van der Waals surface area contributed by atoms with Crippen molar-refractivity contribution in [3.05, 3.63) is 30.3 Å². The van der Waals surface area contributed by atoms with Gasteiger partial charge >= 0.3 is 0 Å². The lowest BCUT2D eigenvalue weighted by molar-refractivity contribution is 0.367. The van der Waals surface area contributed by atoms with Gasteiger partial charge in [-0.2, -0.15) is 4.68 Å². The number of piperidine rings is 1. The normalized spacial score (nSPS) is 16.4. The van der Waals surface area contributed by atoms with E-state index in [1.807, 2.05) is 35.0 Å². The van der Waals surface area contributed by atoms with Gasteiger partial charge < -0.3 is 5.32 Å². The number of hydrogen-bond acceptors (Lipinski definition) is 5. The summed E-state index contributed by atoms with van der Waals surface area (Å²) in [6, 6.07) is 10.0. The van der Waals surface area contributed by atoms with Crippen molar-refractivity contribution in [1.82, 2.24) is 25.5 Å². The van der Waals surface area contributed by atoms with Crippen LogP contribution in [0.1, 0.15) is 19.3 Å². The Balaban J connectivity index is 1.57. The van der Waals surface area contributed by atoms with Crippen molar-refractivity contribution < 1.29 is 0 Å². The second-order valence-corrected chi connectivity index (χ2v) is 6.10. The molecule has 1 aromatic carbocycles. The summed E-state index contributed by atoms with van der Waals surface area (Å²) < 4.78 is 1.81. The molecule has 2 heterocycles. The molecule has 1 aliphatic rings. The van der Waals surface area contributed by atoms with Crippen LogP contribution in [0.3, 0.4) is 0 Å². The monoisotopic (exact) mass is 289 g/mol. The average Bonchev–Trinajstić information content (AvgIpc) is 2.98. The van der Waals surface area contributed by atoms with Gasteiger partial charge in [0, 0.05) is 5.75 Å². The minimum Gasteiger partial charge on any atom is -0.317 e. The van der Waals surface area contributed by atoms with Crippen molar-refractivity contribution in [3.8, 4) is 5.69 Å². The van der Waals surface area contributed by atoms with Gasteiger partial charge in [0.2, 0.25) is 5.16 Å². The zero-order chi connectivity index (χ0) is 13.6.